The molecule has 0 aromatic carbocycles. The first kappa shape index (κ1) is 13.4. The van der Waals surface area contributed by atoms with E-state index in [2.05, 4.69) is 22.5 Å². The number of pyridine rings is 1. The first-order valence-electron chi connectivity index (χ1n) is 5.96. The highest BCUT2D eigenvalue weighted by Gasteiger charge is 2.01. The number of aromatic nitrogens is 1. The molecule has 0 saturated carbocycles. The van der Waals surface area contributed by atoms with E-state index in [1.165, 1.54) is 0 Å². The Labute approximate surface area is 102 Å². The molecule has 0 bridgehead atoms. The van der Waals surface area contributed by atoms with Crippen LogP contribution < -0.4 is 16.4 Å². The van der Waals surface area contributed by atoms with Gasteiger partial charge in [0, 0.05) is 19.5 Å². The summed E-state index contributed by atoms with van der Waals surface area (Å²) in [5.41, 5.74) is 6.25. The highest BCUT2D eigenvalue weighted by atomic mass is 16.1. The van der Waals surface area contributed by atoms with E-state index in [0.29, 0.717) is 18.8 Å². The monoisotopic (exact) mass is 236 g/mol. The van der Waals surface area contributed by atoms with Gasteiger partial charge in [-0.2, -0.15) is 0 Å². The first-order valence-corrected chi connectivity index (χ1v) is 5.96. The van der Waals surface area contributed by atoms with E-state index in [1.54, 1.807) is 12.3 Å². The topological polar surface area (TPSA) is 80.0 Å². The van der Waals surface area contributed by atoms with Crippen LogP contribution in [0.25, 0.3) is 0 Å². The molecule has 0 aliphatic heterocycles. The summed E-state index contributed by atoms with van der Waals surface area (Å²) in [5.74, 6) is 0.455. The number of nitrogens with one attached hydrogen (secondary N) is 2. The number of carbonyl (C=O) groups is 1. The third-order valence-corrected chi connectivity index (χ3v) is 2.26. The molecule has 5 heteroatoms. The smallest absolute Gasteiger partial charge is 0.226 e. The van der Waals surface area contributed by atoms with Gasteiger partial charge in [-0.05, 0) is 18.6 Å². The maximum atomic E-state index is 11.3. The summed E-state index contributed by atoms with van der Waals surface area (Å²) in [5, 5.41) is 5.94. The highest BCUT2D eigenvalue weighted by Crippen LogP contribution is 2.09. The van der Waals surface area contributed by atoms with Gasteiger partial charge in [0.1, 0.15) is 5.82 Å². The Morgan fingerprint density at radius 3 is 2.88 bits per heavy atom. The van der Waals surface area contributed by atoms with Crippen molar-refractivity contribution in [3.8, 4) is 0 Å². The Morgan fingerprint density at radius 2 is 2.29 bits per heavy atom. The van der Waals surface area contributed by atoms with Crippen LogP contribution >= 0.6 is 0 Å². The lowest BCUT2D eigenvalue weighted by Gasteiger charge is -2.07. The zero-order valence-corrected chi connectivity index (χ0v) is 10.2. The van der Waals surface area contributed by atoms with Crippen molar-refractivity contribution < 1.29 is 4.79 Å². The number of anilines is 2. The predicted molar refractivity (Wildman–Crippen MR) is 69.9 cm³/mol. The van der Waals surface area contributed by atoms with Crippen LogP contribution in [0.15, 0.2) is 18.3 Å². The van der Waals surface area contributed by atoms with E-state index in [0.717, 1.165) is 25.1 Å². The second-order valence-electron chi connectivity index (χ2n) is 3.80. The Kier molecular flexibility index (Phi) is 6.03. The average molecular weight is 236 g/mol. The Bertz CT molecular complexity index is 337. The van der Waals surface area contributed by atoms with Crippen molar-refractivity contribution in [3.05, 3.63) is 18.3 Å². The summed E-state index contributed by atoms with van der Waals surface area (Å²) in [6.07, 6.45) is 4.33. The maximum absolute atomic E-state index is 11.3. The standard InChI is InChI=1S/C12H20N4O/c1-2-3-8-14-10-4-5-11(15-9-10)16-12(17)6-7-13/h4-5,9,14H,2-3,6-8,13H2,1H3,(H,15,16,17). The number of amides is 1. The zero-order valence-electron chi connectivity index (χ0n) is 10.2. The van der Waals surface area contributed by atoms with Crippen molar-refractivity contribution >= 4 is 17.4 Å². The molecule has 5 nitrogen and oxygen atoms in total. The van der Waals surface area contributed by atoms with E-state index in [9.17, 15) is 4.79 Å². The van der Waals surface area contributed by atoms with Crippen molar-refractivity contribution in [2.24, 2.45) is 5.73 Å². The Morgan fingerprint density at radius 1 is 1.47 bits per heavy atom. The van der Waals surface area contributed by atoms with Crippen LogP contribution in [0.3, 0.4) is 0 Å². The van der Waals surface area contributed by atoms with E-state index >= 15 is 0 Å². The van der Waals surface area contributed by atoms with Gasteiger partial charge in [-0.1, -0.05) is 13.3 Å². The molecule has 0 unspecified atom stereocenters. The SMILES string of the molecule is CCCCNc1ccc(NC(=O)CCN)nc1. The van der Waals surface area contributed by atoms with Crippen molar-refractivity contribution in [3.63, 3.8) is 0 Å². The lowest BCUT2D eigenvalue weighted by molar-refractivity contribution is -0.116. The number of carbonyl (C=O) groups excluding carboxylic acids is 1. The van der Waals surface area contributed by atoms with Gasteiger partial charge in [0.25, 0.3) is 0 Å². The van der Waals surface area contributed by atoms with Gasteiger partial charge in [-0.15, -0.1) is 0 Å². The molecule has 0 aliphatic rings. The minimum atomic E-state index is -0.105. The van der Waals surface area contributed by atoms with E-state index in [-0.39, 0.29) is 5.91 Å². The summed E-state index contributed by atoms with van der Waals surface area (Å²) < 4.78 is 0. The van der Waals surface area contributed by atoms with Crippen molar-refractivity contribution in [2.75, 3.05) is 23.7 Å². The third-order valence-electron chi connectivity index (χ3n) is 2.26. The van der Waals surface area contributed by atoms with Gasteiger partial charge in [0.05, 0.1) is 11.9 Å². The van der Waals surface area contributed by atoms with Crippen LogP contribution in [0.1, 0.15) is 26.2 Å². The molecule has 94 valence electrons. The fourth-order valence-corrected chi connectivity index (χ4v) is 1.32. The first-order chi connectivity index (χ1) is 8.26. The summed E-state index contributed by atoms with van der Waals surface area (Å²) in [6, 6.07) is 3.68. The number of hydrogen-bond donors (Lipinski definition) is 3. The molecule has 4 N–H and O–H groups in total. The lowest BCUT2D eigenvalue weighted by Crippen LogP contribution is -2.16. The minimum Gasteiger partial charge on any atom is -0.384 e. The Balaban J connectivity index is 2.41. The molecule has 1 heterocycles. The predicted octanol–water partition coefficient (Wildman–Crippen LogP) is 1.58. The number of hydrogen-bond acceptors (Lipinski definition) is 4. The van der Waals surface area contributed by atoms with Crippen LogP contribution in [-0.2, 0) is 4.79 Å². The van der Waals surface area contributed by atoms with Crippen LogP contribution in [0.4, 0.5) is 11.5 Å². The van der Waals surface area contributed by atoms with E-state index in [4.69, 9.17) is 5.73 Å². The molecule has 1 amide bonds. The second-order valence-corrected chi connectivity index (χ2v) is 3.80. The Hall–Kier alpha value is -1.62. The number of rotatable bonds is 7. The van der Waals surface area contributed by atoms with Gasteiger partial charge in [0.15, 0.2) is 0 Å². The van der Waals surface area contributed by atoms with Crippen LogP contribution in [-0.4, -0.2) is 24.0 Å². The largest absolute Gasteiger partial charge is 0.384 e. The van der Waals surface area contributed by atoms with Crippen molar-refractivity contribution in [1.82, 2.24) is 4.98 Å². The van der Waals surface area contributed by atoms with Crippen molar-refractivity contribution in [1.29, 1.82) is 0 Å². The van der Waals surface area contributed by atoms with E-state index < -0.39 is 0 Å². The van der Waals surface area contributed by atoms with Gasteiger partial charge in [-0.25, -0.2) is 4.98 Å². The number of nitrogens with two attached hydrogens (primary N) is 1. The molecule has 0 radical (unpaired) electrons. The zero-order chi connectivity index (χ0) is 12.5. The molecule has 17 heavy (non-hydrogen) atoms. The molecule has 1 aromatic heterocycles. The molecular weight excluding hydrogens is 216 g/mol. The second kappa shape index (κ2) is 7.62. The van der Waals surface area contributed by atoms with Crippen LogP contribution in [0.2, 0.25) is 0 Å². The number of unbranched alkanes of at least 4 members (excludes halogenated alkanes) is 1. The fourth-order valence-electron chi connectivity index (χ4n) is 1.32. The number of nitrogens with zero attached hydrogens (tertiary/aromatic N) is 1. The molecule has 0 aliphatic carbocycles. The highest BCUT2D eigenvalue weighted by molar-refractivity contribution is 5.89. The molecule has 0 spiro atoms. The van der Waals surface area contributed by atoms with Gasteiger partial charge in [-0.3, -0.25) is 4.79 Å². The normalized spacial score (nSPS) is 10.0. The summed E-state index contributed by atoms with van der Waals surface area (Å²) in [7, 11) is 0. The summed E-state index contributed by atoms with van der Waals surface area (Å²) in [4.78, 5) is 15.4. The van der Waals surface area contributed by atoms with Crippen LogP contribution in [0, 0.1) is 0 Å². The molecular formula is C12H20N4O. The molecule has 1 aromatic rings. The average Bonchev–Trinajstić information content (AvgIpc) is 2.32. The van der Waals surface area contributed by atoms with Crippen LogP contribution in [0.5, 0.6) is 0 Å². The third kappa shape index (κ3) is 5.31. The molecule has 0 saturated heterocycles. The minimum absolute atomic E-state index is 0.105. The van der Waals surface area contributed by atoms with Gasteiger partial charge in [0.2, 0.25) is 5.91 Å². The maximum Gasteiger partial charge on any atom is 0.226 e. The quantitative estimate of drug-likeness (QED) is 0.628. The molecule has 0 fully saturated rings. The lowest BCUT2D eigenvalue weighted by atomic mass is 10.3. The molecule has 0 atom stereocenters. The molecule has 1 rings (SSSR count). The van der Waals surface area contributed by atoms with E-state index in [1.807, 2.05) is 6.07 Å². The van der Waals surface area contributed by atoms with Gasteiger partial charge >= 0.3 is 0 Å². The summed E-state index contributed by atoms with van der Waals surface area (Å²) >= 11 is 0. The summed E-state index contributed by atoms with van der Waals surface area (Å²) in [6.45, 7) is 3.44. The van der Waals surface area contributed by atoms with Crippen molar-refractivity contribution in [2.45, 2.75) is 26.2 Å². The fraction of sp³-hybridized carbons (Fsp3) is 0.500. The van der Waals surface area contributed by atoms with Gasteiger partial charge < -0.3 is 16.4 Å².